The molecule has 0 aromatic carbocycles. The molecule has 0 saturated carbocycles. The number of hydrogen-bond donors (Lipinski definition) is 0. The highest BCUT2D eigenvalue weighted by molar-refractivity contribution is 6.92. The minimum atomic E-state index is -2.40. The van der Waals surface area contributed by atoms with Crippen molar-refractivity contribution in [2.24, 2.45) is 0 Å². The molecule has 136 valence electrons. The highest BCUT2D eigenvalue weighted by Gasteiger charge is 2.48. The summed E-state index contributed by atoms with van der Waals surface area (Å²) in [5.74, 6) is 0. The average molecular weight is 465 g/mol. The SMILES string of the molecule is C[SiH]1O[SiH2]O[Si](C)(C[Si]2(C)O[SiH2]O[SiH](C)O[SiH](C)O2)O[SiH](C)O1. The summed E-state index contributed by atoms with van der Waals surface area (Å²) in [6.07, 6.45) is 0. The van der Waals surface area contributed by atoms with E-state index in [1.165, 1.54) is 0 Å². The van der Waals surface area contributed by atoms with Crippen LogP contribution < -0.4 is 0 Å². The average Bonchev–Trinajstić information content (AvgIpc) is 2.33. The van der Waals surface area contributed by atoms with Crippen LogP contribution in [0.4, 0.5) is 0 Å². The van der Waals surface area contributed by atoms with Crippen molar-refractivity contribution in [1.29, 1.82) is 0 Å². The van der Waals surface area contributed by atoms with E-state index in [4.69, 9.17) is 32.9 Å². The van der Waals surface area contributed by atoms with E-state index < -0.39 is 74.3 Å². The number of rotatable bonds is 2. The zero-order chi connectivity index (χ0) is 17.1. The molecule has 0 aromatic rings. The minimum Gasteiger partial charge on any atom is -0.423 e. The lowest BCUT2D eigenvalue weighted by atomic mass is 11.8. The van der Waals surface area contributed by atoms with Gasteiger partial charge in [0.2, 0.25) is 0 Å². The van der Waals surface area contributed by atoms with Gasteiger partial charge in [-0.1, -0.05) is 0 Å². The topological polar surface area (TPSA) is 73.8 Å². The highest BCUT2D eigenvalue weighted by atomic mass is 28.5. The second-order valence-electron chi connectivity index (χ2n) is 6.08. The van der Waals surface area contributed by atoms with Crippen LogP contribution in [-0.2, 0) is 32.9 Å². The normalized spacial score (nSPS) is 49.3. The Labute approximate surface area is 152 Å². The first kappa shape index (κ1) is 20.7. The molecule has 2 fully saturated rings. The van der Waals surface area contributed by atoms with Crippen LogP contribution in [0.25, 0.3) is 0 Å². The Morgan fingerprint density at radius 3 is 1.48 bits per heavy atom. The molecular formula is C7H28O8Si8. The summed E-state index contributed by atoms with van der Waals surface area (Å²) in [5, 5.41) is 0. The molecule has 0 amide bonds. The molecule has 0 aromatic heterocycles. The fourth-order valence-electron chi connectivity index (χ4n) is 2.72. The molecule has 0 bridgehead atoms. The molecule has 8 nitrogen and oxygen atoms in total. The fourth-order valence-corrected chi connectivity index (χ4v) is 32.7. The molecule has 2 rings (SSSR count). The van der Waals surface area contributed by atoms with Crippen LogP contribution in [0, 0.1) is 0 Å². The first-order valence-electron chi connectivity index (χ1n) is 7.87. The summed E-state index contributed by atoms with van der Waals surface area (Å²) >= 11 is 0. The van der Waals surface area contributed by atoms with Crippen molar-refractivity contribution in [3.63, 3.8) is 0 Å². The molecule has 0 spiro atoms. The van der Waals surface area contributed by atoms with Crippen LogP contribution in [-0.4, -0.2) is 74.3 Å². The van der Waals surface area contributed by atoms with Crippen LogP contribution in [0.3, 0.4) is 0 Å². The van der Waals surface area contributed by atoms with Gasteiger partial charge < -0.3 is 32.9 Å². The van der Waals surface area contributed by atoms with Gasteiger partial charge in [0.25, 0.3) is 57.1 Å². The van der Waals surface area contributed by atoms with Gasteiger partial charge in [0.05, 0.1) is 0 Å². The maximum atomic E-state index is 6.30. The largest absolute Gasteiger partial charge is 0.423 e. The van der Waals surface area contributed by atoms with Crippen molar-refractivity contribution >= 4 is 74.3 Å². The third-order valence-corrected chi connectivity index (χ3v) is 32.2. The Balaban J connectivity index is 2.04. The van der Waals surface area contributed by atoms with Crippen LogP contribution >= 0.6 is 0 Å². The lowest BCUT2D eigenvalue weighted by Gasteiger charge is -2.40. The smallest absolute Gasteiger partial charge is 0.318 e. The summed E-state index contributed by atoms with van der Waals surface area (Å²) in [5.41, 5.74) is 0.722. The molecular weight excluding hydrogens is 437 g/mol. The van der Waals surface area contributed by atoms with Gasteiger partial charge in [0.1, 0.15) is 0 Å². The van der Waals surface area contributed by atoms with E-state index in [0.29, 0.717) is 0 Å². The first-order chi connectivity index (χ1) is 10.7. The van der Waals surface area contributed by atoms with Gasteiger partial charge in [-0.15, -0.1) is 0 Å². The van der Waals surface area contributed by atoms with E-state index in [1.807, 2.05) is 26.2 Å². The second kappa shape index (κ2) is 8.87. The van der Waals surface area contributed by atoms with Crippen molar-refractivity contribution in [3.05, 3.63) is 0 Å². The molecule has 16 heteroatoms. The van der Waals surface area contributed by atoms with E-state index in [0.717, 1.165) is 5.67 Å². The van der Waals surface area contributed by atoms with Crippen molar-refractivity contribution in [2.45, 2.75) is 44.9 Å². The Hall–Kier alpha value is 1.42. The Kier molecular flexibility index (Phi) is 7.99. The van der Waals surface area contributed by atoms with Crippen LogP contribution in [0.5, 0.6) is 0 Å². The molecule has 6 atom stereocenters. The maximum absolute atomic E-state index is 6.30. The van der Waals surface area contributed by atoms with Crippen molar-refractivity contribution < 1.29 is 32.9 Å². The maximum Gasteiger partial charge on any atom is 0.318 e. The van der Waals surface area contributed by atoms with Crippen molar-refractivity contribution in [1.82, 2.24) is 0 Å². The first-order valence-corrected chi connectivity index (χ1v) is 23.6. The third kappa shape index (κ3) is 6.91. The van der Waals surface area contributed by atoms with Crippen molar-refractivity contribution in [2.75, 3.05) is 0 Å². The molecule has 0 N–H and O–H groups in total. The molecule has 0 aliphatic carbocycles. The minimum absolute atomic E-state index is 0.722. The van der Waals surface area contributed by atoms with E-state index >= 15 is 0 Å². The summed E-state index contributed by atoms with van der Waals surface area (Å²) in [6, 6.07) is 0. The Morgan fingerprint density at radius 2 is 1.09 bits per heavy atom. The van der Waals surface area contributed by atoms with Gasteiger partial charge in [0, 0.05) is 5.67 Å². The van der Waals surface area contributed by atoms with E-state index in [1.54, 1.807) is 0 Å². The highest BCUT2D eigenvalue weighted by Crippen LogP contribution is 2.27. The zero-order valence-corrected chi connectivity index (χ0v) is 24.1. The van der Waals surface area contributed by atoms with Gasteiger partial charge in [-0.2, -0.15) is 0 Å². The van der Waals surface area contributed by atoms with Gasteiger partial charge in [0.15, 0.2) is 0 Å². The van der Waals surface area contributed by atoms with Crippen molar-refractivity contribution in [3.8, 4) is 0 Å². The van der Waals surface area contributed by atoms with E-state index in [-0.39, 0.29) is 0 Å². The van der Waals surface area contributed by atoms with Crippen LogP contribution in [0.2, 0.25) is 44.9 Å². The molecule has 0 radical (unpaired) electrons. The lowest BCUT2D eigenvalue weighted by Crippen LogP contribution is -2.59. The summed E-state index contributed by atoms with van der Waals surface area (Å²) < 4.78 is 48.3. The summed E-state index contributed by atoms with van der Waals surface area (Å²) in [6.45, 7) is 12.3. The third-order valence-electron chi connectivity index (χ3n) is 3.57. The predicted molar refractivity (Wildman–Crippen MR) is 106 cm³/mol. The molecule has 2 heterocycles. The zero-order valence-electron chi connectivity index (χ0n) is 14.7. The van der Waals surface area contributed by atoms with Gasteiger partial charge >= 0.3 is 17.1 Å². The standard InChI is InChI=1S/C7H28O8Si8/c1-18-8-16-10-22(5,14-20(3)12-18)7-23(6)11-17-9-19(2)13-21(4)15-23/h18-21H,7,16-17H2,1-6H3. The molecule has 2 aliphatic heterocycles. The van der Waals surface area contributed by atoms with Gasteiger partial charge in [-0.25, -0.2) is 0 Å². The number of hydrogen-bond acceptors (Lipinski definition) is 8. The molecule has 2 aliphatic rings. The molecule has 23 heavy (non-hydrogen) atoms. The second-order valence-corrected chi connectivity index (χ2v) is 26.1. The Bertz CT molecular complexity index is 361. The van der Waals surface area contributed by atoms with E-state index in [2.05, 4.69) is 13.1 Å². The van der Waals surface area contributed by atoms with Gasteiger partial charge in [-0.05, 0) is 39.3 Å². The summed E-state index contributed by atoms with van der Waals surface area (Å²) in [4.78, 5) is 0. The monoisotopic (exact) mass is 464 g/mol. The molecule has 6 unspecified atom stereocenters. The van der Waals surface area contributed by atoms with Crippen LogP contribution in [0.15, 0.2) is 0 Å². The summed E-state index contributed by atoms with van der Waals surface area (Å²) in [7, 11) is -13.5. The quantitative estimate of drug-likeness (QED) is 0.445. The van der Waals surface area contributed by atoms with Gasteiger partial charge in [-0.3, -0.25) is 0 Å². The fraction of sp³-hybridized carbons (Fsp3) is 1.00. The van der Waals surface area contributed by atoms with Crippen LogP contribution in [0.1, 0.15) is 0 Å². The Morgan fingerprint density at radius 1 is 0.696 bits per heavy atom. The molecule has 2 saturated heterocycles. The van der Waals surface area contributed by atoms with E-state index in [9.17, 15) is 0 Å². The predicted octanol–water partition coefficient (Wildman–Crippen LogP) is -1.77. The lowest BCUT2D eigenvalue weighted by molar-refractivity contribution is 0.273.